The van der Waals surface area contributed by atoms with E-state index in [0.29, 0.717) is 47.3 Å². The summed E-state index contributed by atoms with van der Waals surface area (Å²) in [6.45, 7) is 2.74. The Morgan fingerprint density at radius 1 is 1.18 bits per heavy atom. The molecular weight excluding hydrogens is 611 g/mol. The van der Waals surface area contributed by atoms with Gasteiger partial charge in [-0.3, -0.25) is 4.90 Å². The molecule has 0 spiro atoms. The fourth-order valence-electron chi connectivity index (χ4n) is 7.85. The summed E-state index contributed by atoms with van der Waals surface area (Å²) < 4.78 is 52.8. The Kier molecular flexibility index (Phi) is 6.61. The minimum absolute atomic E-state index is 0.00374. The van der Waals surface area contributed by atoms with Gasteiger partial charge in [-0.2, -0.15) is 15.2 Å². The van der Waals surface area contributed by atoms with E-state index in [4.69, 9.17) is 27.1 Å². The van der Waals surface area contributed by atoms with Crippen molar-refractivity contribution in [3.8, 4) is 23.2 Å². The van der Waals surface area contributed by atoms with Gasteiger partial charge in [-0.15, -0.1) is 11.3 Å². The van der Waals surface area contributed by atoms with E-state index >= 15 is 4.39 Å². The highest BCUT2D eigenvalue weighted by Crippen LogP contribution is 2.46. The van der Waals surface area contributed by atoms with Gasteiger partial charge >= 0.3 is 6.01 Å². The Bertz CT molecular complexity index is 1870. The second-order valence-corrected chi connectivity index (χ2v) is 14.0. The lowest BCUT2D eigenvalue weighted by atomic mass is 9.95. The van der Waals surface area contributed by atoms with Crippen LogP contribution in [0.5, 0.6) is 6.01 Å². The first-order valence-corrected chi connectivity index (χ1v) is 16.1. The number of anilines is 2. The molecule has 4 aliphatic rings. The fraction of sp³-hybridized carbons (Fsp3) is 0.452. The summed E-state index contributed by atoms with van der Waals surface area (Å²) >= 11 is 7.87. The molecule has 228 valence electrons. The highest BCUT2D eigenvalue weighted by Gasteiger charge is 2.49. The van der Waals surface area contributed by atoms with Crippen molar-refractivity contribution in [1.82, 2.24) is 20.2 Å². The van der Waals surface area contributed by atoms with Crippen LogP contribution in [0, 0.1) is 23.0 Å². The van der Waals surface area contributed by atoms with Gasteiger partial charge in [-0.25, -0.2) is 13.2 Å². The molecule has 8 nitrogen and oxygen atoms in total. The third-order valence-corrected chi connectivity index (χ3v) is 11.0. The van der Waals surface area contributed by atoms with E-state index in [9.17, 15) is 14.0 Å². The average Bonchev–Trinajstić information content (AvgIpc) is 3.71. The third kappa shape index (κ3) is 4.39. The number of halogens is 4. The largest absolute Gasteiger partial charge is 0.461 e. The summed E-state index contributed by atoms with van der Waals surface area (Å²) in [6.07, 6.45) is 3.30. The van der Waals surface area contributed by atoms with Crippen molar-refractivity contribution in [3.05, 3.63) is 40.4 Å². The van der Waals surface area contributed by atoms with E-state index in [0.717, 1.165) is 43.6 Å². The minimum atomic E-state index is -0.919. The quantitative estimate of drug-likeness (QED) is 0.283. The highest BCUT2D eigenvalue weighted by molar-refractivity contribution is 7.23. The smallest absolute Gasteiger partial charge is 0.319 e. The van der Waals surface area contributed by atoms with Crippen molar-refractivity contribution < 1.29 is 17.9 Å². The maximum atomic E-state index is 16.9. The second kappa shape index (κ2) is 10.3. The summed E-state index contributed by atoms with van der Waals surface area (Å²) in [5.41, 5.74) is 5.81. The zero-order chi connectivity index (χ0) is 30.3. The lowest BCUT2D eigenvalue weighted by Gasteiger charge is -2.34. The van der Waals surface area contributed by atoms with Gasteiger partial charge in [-0.05, 0) is 56.0 Å². The second-order valence-electron chi connectivity index (χ2n) is 12.5. The molecule has 8 rings (SSSR count). The van der Waals surface area contributed by atoms with Crippen molar-refractivity contribution in [2.45, 2.75) is 55.9 Å². The molecule has 4 aromatic rings. The first-order valence-electron chi connectivity index (χ1n) is 14.9. The lowest BCUT2D eigenvalue weighted by molar-refractivity contribution is 0.107. The molecule has 44 heavy (non-hydrogen) atoms. The van der Waals surface area contributed by atoms with E-state index in [1.165, 1.54) is 12.1 Å². The van der Waals surface area contributed by atoms with Gasteiger partial charge in [-0.1, -0.05) is 11.6 Å². The topological polar surface area (TPSA) is 103 Å². The van der Waals surface area contributed by atoms with Gasteiger partial charge < -0.3 is 20.7 Å². The van der Waals surface area contributed by atoms with E-state index in [1.54, 1.807) is 6.07 Å². The molecule has 4 aliphatic heterocycles. The van der Waals surface area contributed by atoms with Gasteiger partial charge in [0.15, 0.2) is 5.82 Å². The molecule has 6 heterocycles. The van der Waals surface area contributed by atoms with Crippen LogP contribution in [0.3, 0.4) is 0 Å². The number of thiophene rings is 1. The number of nitrogen functional groups attached to an aromatic ring is 1. The van der Waals surface area contributed by atoms with E-state index in [-0.39, 0.29) is 56.9 Å². The number of hydrogen-bond acceptors (Lipinski definition) is 9. The summed E-state index contributed by atoms with van der Waals surface area (Å²) in [5, 5.41) is 14.4. The van der Waals surface area contributed by atoms with Crippen LogP contribution in [0.1, 0.15) is 37.7 Å². The number of fused-ring (bicyclic) bond motifs is 5. The van der Waals surface area contributed by atoms with Crippen LogP contribution in [-0.4, -0.2) is 71.4 Å². The monoisotopic (exact) mass is 639 g/mol. The Morgan fingerprint density at radius 2 is 1.98 bits per heavy atom. The Hall–Kier alpha value is -3.37. The number of aromatic nitrogens is 2. The number of nitrogens with one attached hydrogen (secondary N) is 1. The number of rotatable bonds is 5. The Labute approximate surface area is 260 Å². The summed E-state index contributed by atoms with van der Waals surface area (Å²) in [7, 11) is 0. The molecule has 2 bridgehead atoms. The number of hydrogen-bond donors (Lipinski definition) is 2. The van der Waals surface area contributed by atoms with Crippen molar-refractivity contribution in [2.75, 3.05) is 43.4 Å². The molecular formula is C31H29ClF3N7OS. The maximum absolute atomic E-state index is 16.9. The zero-order valence-corrected chi connectivity index (χ0v) is 25.2. The van der Waals surface area contributed by atoms with Gasteiger partial charge in [0, 0.05) is 59.2 Å². The lowest BCUT2D eigenvalue weighted by Crippen LogP contribution is -2.51. The van der Waals surface area contributed by atoms with Gasteiger partial charge in [0.2, 0.25) is 0 Å². The number of alkyl halides is 1. The standard InChI is InChI=1S/C31H29ClF3N7OS/c32-22-8-20-27(26(35)25(22)19-6-15(33)7-23-24(19)21(10-36)28(37)44-23)39-30(40-29(20)41-12-17-2-3-18(13-41)38-17)43-14-31-4-1-5-42(31)11-16(34)9-31/h6-8,16-18,38H,1-5,9,11-14,37H2/t16-,17?,18?,31+/m1/s1. The van der Waals surface area contributed by atoms with Crippen molar-refractivity contribution in [3.63, 3.8) is 0 Å². The van der Waals surface area contributed by atoms with E-state index in [1.807, 2.05) is 0 Å². The van der Waals surface area contributed by atoms with Crippen LogP contribution in [0.15, 0.2) is 18.2 Å². The average molecular weight is 640 g/mol. The molecule has 0 amide bonds. The fourth-order valence-corrected chi connectivity index (χ4v) is 9.12. The molecule has 4 fully saturated rings. The normalized spacial score (nSPS) is 26.5. The zero-order valence-electron chi connectivity index (χ0n) is 23.7. The van der Waals surface area contributed by atoms with Gasteiger partial charge in [0.1, 0.15) is 41.0 Å². The Morgan fingerprint density at radius 3 is 2.75 bits per heavy atom. The molecule has 4 atom stereocenters. The summed E-state index contributed by atoms with van der Waals surface area (Å²) in [4.78, 5) is 13.6. The number of benzene rings is 2. The highest BCUT2D eigenvalue weighted by atomic mass is 35.5. The van der Waals surface area contributed by atoms with Crippen LogP contribution in [0.4, 0.5) is 24.0 Å². The predicted octanol–water partition coefficient (Wildman–Crippen LogP) is 5.79. The number of nitrogens with zero attached hydrogens (tertiary/aromatic N) is 5. The molecule has 2 aromatic heterocycles. The van der Waals surface area contributed by atoms with Crippen LogP contribution >= 0.6 is 22.9 Å². The molecule has 2 aromatic carbocycles. The minimum Gasteiger partial charge on any atom is -0.461 e. The Balaban J connectivity index is 1.29. The first kappa shape index (κ1) is 28.1. The number of nitrogens with two attached hydrogens (primary N) is 1. The molecule has 13 heteroatoms. The van der Waals surface area contributed by atoms with Crippen LogP contribution in [0.2, 0.25) is 5.02 Å². The predicted molar refractivity (Wildman–Crippen MR) is 165 cm³/mol. The summed E-state index contributed by atoms with van der Waals surface area (Å²) in [5.74, 6) is -0.876. The third-order valence-electron chi connectivity index (χ3n) is 9.75. The van der Waals surface area contributed by atoms with Crippen LogP contribution < -0.4 is 20.7 Å². The van der Waals surface area contributed by atoms with Crippen molar-refractivity contribution in [2.24, 2.45) is 0 Å². The summed E-state index contributed by atoms with van der Waals surface area (Å²) in [6, 6.07) is 6.68. The van der Waals surface area contributed by atoms with Crippen molar-refractivity contribution in [1.29, 1.82) is 5.26 Å². The maximum Gasteiger partial charge on any atom is 0.319 e. The van der Waals surface area contributed by atoms with Crippen LogP contribution in [-0.2, 0) is 0 Å². The van der Waals surface area contributed by atoms with Crippen molar-refractivity contribution >= 4 is 54.7 Å². The van der Waals surface area contributed by atoms with E-state index < -0.39 is 23.3 Å². The molecule has 0 radical (unpaired) electrons. The number of piperazine rings is 1. The van der Waals surface area contributed by atoms with E-state index in [2.05, 4.69) is 26.2 Å². The van der Waals surface area contributed by atoms with Gasteiger partial charge in [0.05, 0.1) is 16.1 Å². The number of nitriles is 1. The number of ether oxygens (including phenoxy) is 1. The SMILES string of the molecule is N#Cc1c(N)sc2cc(F)cc(-c3c(Cl)cc4c(N5CC6CCC(C5)N6)nc(OC[C@@]56CCCN5C[C@H](F)C6)nc4c3F)c12. The first-order chi connectivity index (χ1) is 21.2. The molecule has 2 unspecified atom stereocenters. The molecule has 0 aliphatic carbocycles. The molecule has 4 saturated heterocycles. The molecule has 0 saturated carbocycles. The van der Waals surface area contributed by atoms with Crippen LogP contribution in [0.25, 0.3) is 32.1 Å². The molecule has 3 N–H and O–H groups in total. The van der Waals surface area contributed by atoms with Gasteiger partial charge in [0.25, 0.3) is 0 Å².